The monoisotopic (exact) mass is 435 g/mol. The largest absolute Gasteiger partial charge is 0.481 e. The van der Waals surface area contributed by atoms with E-state index >= 15 is 0 Å². The molecule has 0 bridgehead atoms. The van der Waals surface area contributed by atoms with Crippen LogP contribution in [0.1, 0.15) is 81.6 Å². The van der Waals surface area contributed by atoms with Gasteiger partial charge < -0.3 is 19.5 Å². The summed E-state index contributed by atoms with van der Waals surface area (Å²) in [6.45, 7) is 6.78. The van der Waals surface area contributed by atoms with Crippen LogP contribution in [0.3, 0.4) is 0 Å². The molecule has 0 radical (unpaired) electrons. The van der Waals surface area contributed by atoms with Gasteiger partial charge in [0.15, 0.2) is 0 Å². The third-order valence-corrected chi connectivity index (χ3v) is 4.74. The zero-order chi connectivity index (χ0) is 23.3. The van der Waals surface area contributed by atoms with Gasteiger partial charge in [0.25, 0.3) is 0 Å². The van der Waals surface area contributed by atoms with Crippen molar-refractivity contribution in [3.8, 4) is 0 Å². The molecule has 1 aromatic rings. The second-order valence-corrected chi connectivity index (χ2v) is 8.67. The summed E-state index contributed by atoms with van der Waals surface area (Å²) in [7, 11) is 1.36. The van der Waals surface area contributed by atoms with Crippen molar-refractivity contribution in [2.45, 2.75) is 77.7 Å². The fourth-order valence-corrected chi connectivity index (χ4v) is 3.13. The third-order valence-electron chi connectivity index (χ3n) is 4.74. The van der Waals surface area contributed by atoms with Gasteiger partial charge >= 0.3 is 18.0 Å². The number of nitrogens with zero attached hydrogens (tertiary/aromatic N) is 1. The Hall–Kier alpha value is -2.57. The normalized spacial score (nSPS) is 11.1. The van der Waals surface area contributed by atoms with Gasteiger partial charge in [0.2, 0.25) is 0 Å². The number of esters is 1. The molecule has 1 N–H and O–H groups in total. The molecule has 7 nitrogen and oxygen atoms in total. The van der Waals surface area contributed by atoms with E-state index in [4.69, 9.17) is 14.6 Å². The van der Waals surface area contributed by atoms with E-state index in [0.717, 1.165) is 44.1 Å². The number of carboxylic acids is 1. The van der Waals surface area contributed by atoms with Crippen LogP contribution < -0.4 is 0 Å². The standard InChI is InChI=1S/C24H37NO6/c1-24(2,3)31-23(29)25(17-9-7-5-6-8-12-21(26)27)18-10-11-19-13-15-20(16-14-19)22(28)30-4/h13-16H,5-12,17-18H2,1-4H3,(H,26,27). The number of unbranched alkanes of at least 4 members (excludes halogenated alkanes) is 4. The van der Waals surface area contributed by atoms with Crippen LogP contribution in [0, 0.1) is 0 Å². The van der Waals surface area contributed by atoms with Gasteiger partial charge in [-0.2, -0.15) is 0 Å². The Balaban J connectivity index is 2.49. The summed E-state index contributed by atoms with van der Waals surface area (Å²) in [5.41, 5.74) is 1.07. The Morgan fingerprint density at radius 1 is 0.903 bits per heavy atom. The lowest BCUT2D eigenvalue weighted by atomic mass is 10.1. The summed E-state index contributed by atoms with van der Waals surface area (Å²) in [6, 6.07) is 7.30. The average molecular weight is 436 g/mol. The number of carbonyl (C=O) groups is 3. The number of benzene rings is 1. The second-order valence-electron chi connectivity index (χ2n) is 8.67. The molecule has 174 valence electrons. The van der Waals surface area contributed by atoms with Crippen LogP contribution in [-0.4, -0.2) is 53.8 Å². The number of rotatable bonds is 13. The maximum Gasteiger partial charge on any atom is 0.410 e. The predicted molar refractivity (Wildman–Crippen MR) is 119 cm³/mol. The van der Waals surface area contributed by atoms with Gasteiger partial charge in [-0.1, -0.05) is 31.4 Å². The van der Waals surface area contributed by atoms with E-state index in [1.807, 2.05) is 32.9 Å². The first kappa shape index (κ1) is 26.5. The van der Waals surface area contributed by atoms with Crippen molar-refractivity contribution in [2.24, 2.45) is 0 Å². The quantitative estimate of drug-likeness (QED) is 0.343. The molecule has 7 heteroatoms. The lowest BCUT2D eigenvalue weighted by Gasteiger charge is -2.27. The Morgan fingerprint density at radius 2 is 1.48 bits per heavy atom. The van der Waals surface area contributed by atoms with E-state index < -0.39 is 11.6 Å². The molecule has 0 saturated carbocycles. The van der Waals surface area contributed by atoms with E-state index in [1.165, 1.54) is 7.11 Å². The molecule has 1 rings (SSSR count). The number of hydrogen-bond acceptors (Lipinski definition) is 5. The molecule has 0 heterocycles. The number of ether oxygens (including phenoxy) is 2. The van der Waals surface area contributed by atoms with E-state index in [1.54, 1.807) is 17.0 Å². The highest BCUT2D eigenvalue weighted by molar-refractivity contribution is 5.89. The third kappa shape index (κ3) is 12.0. The van der Waals surface area contributed by atoms with E-state index in [-0.39, 0.29) is 18.5 Å². The van der Waals surface area contributed by atoms with Crippen molar-refractivity contribution in [2.75, 3.05) is 20.2 Å². The molecular formula is C24H37NO6. The van der Waals surface area contributed by atoms with Crippen molar-refractivity contribution in [1.82, 2.24) is 4.90 Å². The number of carbonyl (C=O) groups excluding carboxylic acids is 2. The minimum Gasteiger partial charge on any atom is -0.481 e. The van der Waals surface area contributed by atoms with Gasteiger partial charge in [-0.15, -0.1) is 0 Å². The number of aliphatic carboxylic acids is 1. The van der Waals surface area contributed by atoms with Crippen molar-refractivity contribution in [1.29, 1.82) is 0 Å². The van der Waals surface area contributed by atoms with Crippen molar-refractivity contribution < 1.29 is 29.0 Å². The van der Waals surface area contributed by atoms with E-state index in [9.17, 15) is 14.4 Å². The minimum absolute atomic E-state index is 0.213. The topological polar surface area (TPSA) is 93.1 Å². The van der Waals surface area contributed by atoms with Crippen LogP contribution in [0.25, 0.3) is 0 Å². The SMILES string of the molecule is COC(=O)c1ccc(CCCN(CCCCCCCC(=O)O)C(=O)OC(C)(C)C)cc1. The molecule has 0 fully saturated rings. The molecule has 0 atom stereocenters. The maximum absolute atomic E-state index is 12.6. The number of carboxylic acid groups (broad SMARTS) is 1. The van der Waals surface area contributed by atoms with Crippen LogP contribution in [0.4, 0.5) is 4.79 Å². The smallest absolute Gasteiger partial charge is 0.410 e. The Morgan fingerprint density at radius 3 is 2.06 bits per heavy atom. The maximum atomic E-state index is 12.6. The predicted octanol–water partition coefficient (Wildman–Crippen LogP) is 5.07. The average Bonchev–Trinajstić information content (AvgIpc) is 2.70. The number of aryl methyl sites for hydroxylation is 1. The van der Waals surface area contributed by atoms with Crippen molar-refractivity contribution in [3.05, 3.63) is 35.4 Å². The molecule has 0 aromatic heterocycles. The van der Waals surface area contributed by atoms with E-state index in [2.05, 4.69) is 0 Å². The molecule has 0 aliphatic heterocycles. The fourth-order valence-electron chi connectivity index (χ4n) is 3.13. The van der Waals surface area contributed by atoms with Gasteiger partial charge in [0.05, 0.1) is 12.7 Å². The first-order chi connectivity index (χ1) is 14.6. The highest BCUT2D eigenvalue weighted by Gasteiger charge is 2.21. The second kappa shape index (κ2) is 13.7. The molecule has 0 aliphatic carbocycles. The number of methoxy groups -OCH3 is 1. The van der Waals surface area contributed by atoms with Gasteiger partial charge in [-0.05, 0) is 64.2 Å². The summed E-state index contributed by atoms with van der Waals surface area (Å²) in [4.78, 5) is 36.4. The van der Waals surface area contributed by atoms with Gasteiger partial charge in [0.1, 0.15) is 5.60 Å². The summed E-state index contributed by atoms with van der Waals surface area (Å²) < 4.78 is 10.3. The summed E-state index contributed by atoms with van der Waals surface area (Å²) >= 11 is 0. The lowest BCUT2D eigenvalue weighted by Crippen LogP contribution is -2.38. The molecule has 1 aromatic carbocycles. The molecule has 0 unspecified atom stereocenters. The zero-order valence-electron chi connectivity index (χ0n) is 19.3. The fraction of sp³-hybridized carbons (Fsp3) is 0.625. The summed E-state index contributed by atoms with van der Waals surface area (Å²) in [6.07, 6.45) is 5.84. The molecule has 1 amide bonds. The van der Waals surface area contributed by atoms with Crippen molar-refractivity contribution >= 4 is 18.0 Å². The number of hydrogen-bond donors (Lipinski definition) is 1. The zero-order valence-corrected chi connectivity index (χ0v) is 19.3. The Bertz CT molecular complexity index is 693. The highest BCUT2D eigenvalue weighted by Crippen LogP contribution is 2.14. The highest BCUT2D eigenvalue weighted by atomic mass is 16.6. The van der Waals surface area contributed by atoms with Crippen LogP contribution in [0.15, 0.2) is 24.3 Å². The van der Waals surface area contributed by atoms with Gasteiger partial charge in [0, 0.05) is 19.5 Å². The van der Waals surface area contributed by atoms with Crippen LogP contribution in [0.2, 0.25) is 0 Å². The summed E-state index contributed by atoms with van der Waals surface area (Å²) in [5.74, 6) is -1.11. The molecule has 0 saturated heterocycles. The number of amides is 1. The molecule has 0 spiro atoms. The lowest BCUT2D eigenvalue weighted by molar-refractivity contribution is -0.137. The van der Waals surface area contributed by atoms with Crippen LogP contribution >= 0.6 is 0 Å². The minimum atomic E-state index is -0.754. The van der Waals surface area contributed by atoms with Gasteiger partial charge in [-0.25, -0.2) is 9.59 Å². The van der Waals surface area contributed by atoms with Crippen LogP contribution in [-0.2, 0) is 20.7 Å². The van der Waals surface area contributed by atoms with Gasteiger partial charge in [-0.3, -0.25) is 4.79 Å². The Labute approximate surface area is 185 Å². The Kier molecular flexibility index (Phi) is 11.7. The summed E-state index contributed by atoms with van der Waals surface area (Å²) in [5, 5.41) is 8.68. The van der Waals surface area contributed by atoms with Crippen molar-refractivity contribution in [3.63, 3.8) is 0 Å². The molecular weight excluding hydrogens is 398 g/mol. The van der Waals surface area contributed by atoms with E-state index in [0.29, 0.717) is 25.1 Å². The molecule has 0 aliphatic rings. The van der Waals surface area contributed by atoms with Crippen LogP contribution in [0.5, 0.6) is 0 Å². The first-order valence-corrected chi connectivity index (χ1v) is 11.0. The first-order valence-electron chi connectivity index (χ1n) is 11.0. The molecule has 31 heavy (non-hydrogen) atoms.